The quantitative estimate of drug-likeness (QED) is 0.515. The van der Waals surface area contributed by atoms with Crippen LogP contribution in [0.5, 0.6) is 11.5 Å². The van der Waals surface area contributed by atoms with Crippen molar-refractivity contribution in [3.63, 3.8) is 0 Å². The van der Waals surface area contributed by atoms with Crippen molar-refractivity contribution in [3.8, 4) is 11.5 Å². The summed E-state index contributed by atoms with van der Waals surface area (Å²) >= 11 is 11.3. The first-order valence-corrected chi connectivity index (χ1v) is 9.41. The second-order valence-electron chi connectivity index (χ2n) is 6.03. The van der Waals surface area contributed by atoms with Gasteiger partial charge in [0.1, 0.15) is 0 Å². The number of amides is 1. The number of ether oxygens (including phenoxy) is 2. The standard InChI is InChI=1S/C19H20ClN3O3S/c1-2-3-4-12-5-7-14(8-6-12)21-19(27)23-22-18(24)13-9-15(20)17-16(10-13)25-11-26-17/h5-10H,2-4,11H2,1H3,(H,22,24)(H2,21,23,27). The van der Waals surface area contributed by atoms with Crippen molar-refractivity contribution in [3.05, 3.63) is 52.5 Å². The maximum absolute atomic E-state index is 12.3. The Kier molecular flexibility index (Phi) is 6.36. The Bertz CT molecular complexity index is 843. The van der Waals surface area contributed by atoms with Crippen LogP contribution in [0, 0.1) is 0 Å². The van der Waals surface area contributed by atoms with E-state index in [9.17, 15) is 4.79 Å². The first kappa shape index (κ1) is 19.3. The summed E-state index contributed by atoms with van der Waals surface area (Å²) in [5.74, 6) is 0.492. The monoisotopic (exact) mass is 405 g/mol. The van der Waals surface area contributed by atoms with Crippen LogP contribution in [0.15, 0.2) is 36.4 Å². The zero-order chi connectivity index (χ0) is 19.2. The molecule has 1 aliphatic heterocycles. The molecule has 1 amide bonds. The fourth-order valence-corrected chi connectivity index (χ4v) is 3.02. The normalized spacial score (nSPS) is 11.8. The van der Waals surface area contributed by atoms with E-state index in [1.807, 2.05) is 12.1 Å². The van der Waals surface area contributed by atoms with Gasteiger partial charge in [0, 0.05) is 11.3 Å². The SMILES string of the molecule is CCCCc1ccc(NC(=S)NNC(=O)c2cc(Cl)c3c(c2)OCO3)cc1. The number of halogens is 1. The van der Waals surface area contributed by atoms with Crippen LogP contribution in [-0.4, -0.2) is 17.8 Å². The number of anilines is 1. The predicted octanol–water partition coefficient (Wildman–Crippen LogP) is 4.04. The van der Waals surface area contributed by atoms with E-state index >= 15 is 0 Å². The summed E-state index contributed by atoms with van der Waals surface area (Å²) in [7, 11) is 0. The molecule has 3 rings (SSSR count). The molecule has 0 bridgehead atoms. The summed E-state index contributed by atoms with van der Waals surface area (Å²) in [6.45, 7) is 2.26. The molecular formula is C19H20ClN3O3S. The predicted molar refractivity (Wildman–Crippen MR) is 109 cm³/mol. The van der Waals surface area contributed by atoms with E-state index in [1.165, 1.54) is 24.5 Å². The van der Waals surface area contributed by atoms with Crippen molar-refractivity contribution >= 4 is 40.5 Å². The number of fused-ring (bicyclic) bond motifs is 1. The third kappa shape index (κ3) is 5.02. The summed E-state index contributed by atoms with van der Waals surface area (Å²) in [5.41, 5.74) is 7.66. The zero-order valence-electron chi connectivity index (χ0n) is 14.8. The average molecular weight is 406 g/mol. The molecule has 27 heavy (non-hydrogen) atoms. The molecule has 0 saturated carbocycles. The molecule has 1 heterocycles. The van der Waals surface area contributed by atoms with Gasteiger partial charge in [-0.3, -0.25) is 15.6 Å². The minimum absolute atomic E-state index is 0.0869. The van der Waals surface area contributed by atoms with Crippen molar-refractivity contribution in [2.24, 2.45) is 0 Å². The van der Waals surface area contributed by atoms with Crippen LogP contribution >= 0.6 is 23.8 Å². The highest BCUT2D eigenvalue weighted by Gasteiger charge is 2.20. The molecule has 0 fully saturated rings. The van der Waals surface area contributed by atoms with Gasteiger partial charge in [0.25, 0.3) is 5.91 Å². The molecule has 0 aromatic heterocycles. The molecule has 0 radical (unpaired) electrons. The van der Waals surface area contributed by atoms with Crippen LogP contribution in [0.4, 0.5) is 5.69 Å². The van der Waals surface area contributed by atoms with Gasteiger partial charge in [-0.15, -0.1) is 0 Å². The number of hydrogen-bond donors (Lipinski definition) is 3. The molecule has 3 N–H and O–H groups in total. The number of rotatable bonds is 5. The molecule has 6 nitrogen and oxygen atoms in total. The van der Waals surface area contributed by atoms with E-state index in [-0.39, 0.29) is 11.9 Å². The van der Waals surface area contributed by atoms with Crippen LogP contribution in [0.3, 0.4) is 0 Å². The second-order valence-corrected chi connectivity index (χ2v) is 6.84. The Morgan fingerprint density at radius 3 is 2.70 bits per heavy atom. The highest BCUT2D eigenvalue weighted by atomic mass is 35.5. The first-order valence-electron chi connectivity index (χ1n) is 8.62. The van der Waals surface area contributed by atoms with E-state index in [4.69, 9.17) is 33.3 Å². The minimum Gasteiger partial charge on any atom is -0.454 e. The maximum atomic E-state index is 12.3. The molecule has 0 aliphatic carbocycles. The maximum Gasteiger partial charge on any atom is 0.269 e. The van der Waals surface area contributed by atoms with Gasteiger partial charge in [-0.25, -0.2) is 0 Å². The van der Waals surface area contributed by atoms with Crippen molar-refractivity contribution < 1.29 is 14.3 Å². The van der Waals surface area contributed by atoms with Gasteiger partial charge in [-0.05, 0) is 54.9 Å². The lowest BCUT2D eigenvalue weighted by molar-refractivity contribution is 0.0943. The summed E-state index contributed by atoms with van der Waals surface area (Å²) in [6, 6.07) is 11.1. The van der Waals surface area contributed by atoms with Crippen molar-refractivity contribution in [2.75, 3.05) is 12.1 Å². The number of hydrazine groups is 1. The molecule has 8 heteroatoms. The molecule has 0 atom stereocenters. The molecule has 0 unspecified atom stereocenters. The fraction of sp³-hybridized carbons (Fsp3) is 0.263. The smallest absolute Gasteiger partial charge is 0.269 e. The number of unbranched alkanes of at least 4 members (excludes halogenated alkanes) is 1. The summed E-state index contributed by atoms with van der Waals surface area (Å²) in [6.07, 6.45) is 3.40. The van der Waals surface area contributed by atoms with Gasteiger partial charge >= 0.3 is 0 Å². The van der Waals surface area contributed by atoms with E-state index in [2.05, 4.69) is 35.2 Å². The molecular weight excluding hydrogens is 386 g/mol. The Balaban J connectivity index is 1.51. The van der Waals surface area contributed by atoms with Gasteiger partial charge < -0.3 is 14.8 Å². The lowest BCUT2D eigenvalue weighted by atomic mass is 10.1. The Hall–Kier alpha value is -2.51. The number of carbonyl (C=O) groups excluding carboxylic acids is 1. The molecule has 0 saturated heterocycles. The number of aryl methyl sites for hydroxylation is 1. The van der Waals surface area contributed by atoms with Crippen molar-refractivity contribution in [1.82, 2.24) is 10.9 Å². The number of nitrogens with one attached hydrogen (secondary N) is 3. The number of hydrogen-bond acceptors (Lipinski definition) is 4. The number of thiocarbonyl (C=S) groups is 1. The molecule has 2 aromatic rings. The molecule has 0 spiro atoms. The first-order chi connectivity index (χ1) is 13.1. The molecule has 142 valence electrons. The lowest BCUT2D eigenvalue weighted by Crippen LogP contribution is -2.43. The highest BCUT2D eigenvalue weighted by molar-refractivity contribution is 7.80. The summed E-state index contributed by atoms with van der Waals surface area (Å²) in [5, 5.41) is 3.61. The van der Waals surface area contributed by atoms with E-state index in [1.54, 1.807) is 6.07 Å². The van der Waals surface area contributed by atoms with Crippen LogP contribution in [0.1, 0.15) is 35.7 Å². The van der Waals surface area contributed by atoms with Crippen LogP contribution in [0.25, 0.3) is 0 Å². The Labute approximate surface area is 168 Å². The van der Waals surface area contributed by atoms with Gasteiger partial charge in [-0.1, -0.05) is 37.1 Å². The average Bonchev–Trinajstić information content (AvgIpc) is 3.15. The highest BCUT2D eigenvalue weighted by Crippen LogP contribution is 2.39. The van der Waals surface area contributed by atoms with Crippen LogP contribution in [0.2, 0.25) is 5.02 Å². The zero-order valence-corrected chi connectivity index (χ0v) is 16.4. The third-order valence-electron chi connectivity index (χ3n) is 4.01. The molecule has 1 aliphatic rings. The molecule has 2 aromatic carbocycles. The topological polar surface area (TPSA) is 71.6 Å². The largest absolute Gasteiger partial charge is 0.454 e. The van der Waals surface area contributed by atoms with Crippen LogP contribution in [-0.2, 0) is 6.42 Å². The van der Waals surface area contributed by atoms with Gasteiger partial charge in [-0.2, -0.15) is 0 Å². The minimum atomic E-state index is -0.394. The van der Waals surface area contributed by atoms with E-state index in [0.717, 1.165) is 12.1 Å². The number of benzene rings is 2. The lowest BCUT2D eigenvalue weighted by Gasteiger charge is -2.12. The summed E-state index contributed by atoms with van der Waals surface area (Å²) < 4.78 is 10.5. The second kappa shape index (κ2) is 8.92. The number of carbonyl (C=O) groups is 1. The van der Waals surface area contributed by atoms with Crippen LogP contribution < -0.4 is 25.6 Å². The van der Waals surface area contributed by atoms with Crippen molar-refractivity contribution in [1.29, 1.82) is 0 Å². The summed E-state index contributed by atoms with van der Waals surface area (Å²) in [4.78, 5) is 12.3. The van der Waals surface area contributed by atoms with Gasteiger partial charge in [0.05, 0.1) is 5.02 Å². The van der Waals surface area contributed by atoms with Gasteiger partial charge in [0.15, 0.2) is 16.6 Å². The van der Waals surface area contributed by atoms with Crippen molar-refractivity contribution in [2.45, 2.75) is 26.2 Å². The van der Waals surface area contributed by atoms with E-state index < -0.39 is 5.91 Å². The third-order valence-corrected chi connectivity index (χ3v) is 4.49. The Morgan fingerprint density at radius 1 is 1.19 bits per heavy atom. The van der Waals surface area contributed by atoms with Gasteiger partial charge in [0.2, 0.25) is 6.79 Å². The Morgan fingerprint density at radius 2 is 1.96 bits per heavy atom. The van der Waals surface area contributed by atoms with E-state index in [0.29, 0.717) is 22.1 Å². The fourth-order valence-electron chi connectivity index (χ4n) is 2.58.